The average molecular weight is 279 g/mol. The van der Waals surface area contributed by atoms with E-state index in [9.17, 15) is 14.4 Å². The lowest BCUT2D eigenvalue weighted by Crippen LogP contribution is -2.36. The van der Waals surface area contributed by atoms with E-state index in [1.54, 1.807) is 0 Å². The van der Waals surface area contributed by atoms with E-state index in [4.69, 9.17) is 4.74 Å². The van der Waals surface area contributed by atoms with Crippen molar-refractivity contribution in [3.8, 4) is 0 Å². The Morgan fingerprint density at radius 1 is 1.30 bits per heavy atom. The summed E-state index contributed by atoms with van der Waals surface area (Å²) >= 11 is 0. The zero-order valence-electron chi connectivity index (χ0n) is 11.2. The maximum absolute atomic E-state index is 11.5. The van der Waals surface area contributed by atoms with E-state index in [0.717, 1.165) is 5.56 Å². The minimum absolute atomic E-state index is 0.0544. The minimum Gasteiger partial charge on any atom is -0.469 e. The second kappa shape index (κ2) is 8.68. The fourth-order valence-corrected chi connectivity index (χ4v) is 1.47. The van der Waals surface area contributed by atoms with Crippen molar-refractivity contribution < 1.29 is 23.9 Å². The van der Waals surface area contributed by atoms with Crippen molar-refractivity contribution in [2.75, 3.05) is 7.11 Å². The van der Waals surface area contributed by atoms with E-state index in [1.807, 2.05) is 30.3 Å². The molecule has 0 bridgehead atoms. The van der Waals surface area contributed by atoms with Gasteiger partial charge in [-0.15, -0.1) is 0 Å². The van der Waals surface area contributed by atoms with Crippen LogP contribution in [0.5, 0.6) is 0 Å². The van der Waals surface area contributed by atoms with Gasteiger partial charge in [-0.1, -0.05) is 30.3 Å². The predicted octanol–water partition coefficient (Wildman–Crippen LogP) is 1.43. The number of ether oxygens (including phenoxy) is 2. The molecule has 0 aliphatic rings. The van der Waals surface area contributed by atoms with Crippen LogP contribution in [0, 0.1) is 0 Å². The summed E-state index contributed by atoms with van der Waals surface area (Å²) in [6.07, 6.45) is 0.0955. The molecule has 0 spiro atoms. The Balaban J connectivity index is 2.32. The summed E-state index contributed by atoms with van der Waals surface area (Å²) in [4.78, 5) is 33.2. The van der Waals surface area contributed by atoms with E-state index in [2.05, 4.69) is 10.1 Å². The summed E-state index contributed by atoms with van der Waals surface area (Å²) in [6, 6.07) is 8.40. The van der Waals surface area contributed by atoms with Crippen molar-refractivity contribution >= 4 is 18.3 Å². The number of methoxy groups -OCH3 is 1. The number of nitrogens with one attached hydrogen (secondary N) is 1. The molecule has 6 heteroatoms. The normalized spacial score (nSPS) is 11.2. The van der Waals surface area contributed by atoms with Crippen LogP contribution in [0.4, 0.5) is 4.79 Å². The number of carbonyl (C=O) groups is 3. The third-order valence-electron chi connectivity index (χ3n) is 2.57. The van der Waals surface area contributed by atoms with Gasteiger partial charge in [-0.25, -0.2) is 4.79 Å². The van der Waals surface area contributed by atoms with E-state index in [0.29, 0.717) is 6.29 Å². The first-order chi connectivity index (χ1) is 9.65. The van der Waals surface area contributed by atoms with Crippen LogP contribution < -0.4 is 5.32 Å². The van der Waals surface area contributed by atoms with Crippen molar-refractivity contribution in [1.29, 1.82) is 0 Å². The van der Waals surface area contributed by atoms with Crippen molar-refractivity contribution in [1.82, 2.24) is 5.32 Å². The van der Waals surface area contributed by atoms with Gasteiger partial charge >= 0.3 is 12.1 Å². The van der Waals surface area contributed by atoms with Crippen LogP contribution in [-0.4, -0.2) is 31.5 Å². The molecule has 1 aromatic carbocycles. The molecule has 0 saturated heterocycles. The molecule has 20 heavy (non-hydrogen) atoms. The third-order valence-corrected chi connectivity index (χ3v) is 2.57. The first-order valence-electron chi connectivity index (χ1n) is 6.15. The molecule has 0 fully saturated rings. The topological polar surface area (TPSA) is 81.7 Å². The van der Waals surface area contributed by atoms with Crippen LogP contribution in [0.25, 0.3) is 0 Å². The molecule has 1 amide bonds. The van der Waals surface area contributed by atoms with Gasteiger partial charge in [-0.2, -0.15) is 0 Å². The van der Waals surface area contributed by atoms with Crippen LogP contribution in [0.1, 0.15) is 18.4 Å². The second-order valence-corrected chi connectivity index (χ2v) is 4.06. The van der Waals surface area contributed by atoms with Gasteiger partial charge in [0.2, 0.25) is 0 Å². The SMILES string of the molecule is COC(=O)CC[C@@H](C=O)NC(=O)OCc1ccccc1. The Morgan fingerprint density at radius 3 is 2.60 bits per heavy atom. The Bertz CT molecular complexity index is 446. The zero-order valence-corrected chi connectivity index (χ0v) is 11.2. The minimum atomic E-state index is -0.766. The quantitative estimate of drug-likeness (QED) is 0.603. The van der Waals surface area contributed by atoms with Gasteiger partial charge in [0.1, 0.15) is 12.9 Å². The van der Waals surface area contributed by atoms with E-state index in [1.165, 1.54) is 7.11 Å². The lowest BCUT2D eigenvalue weighted by molar-refractivity contribution is -0.140. The smallest absolute Gasteiger partial charge is 0.408 e. The third kappa shape index (κ3) is 5.99. The van der Waals surface area contributed by atoms with Gasteiger partial charge < -0.3 is 19.6 Å². The molecule has 0 heterocycles. The molecule has 0 radical (unpaired) electrons. The number of hydrogen-bond donors (Lipinski definition) is 1. The van der Waals surface area contributed by atoms with Gasteiger partial charge in [-0.3, -0.25) is 4.79 Å². The van der Waals surface area contributed by atoms with Gasteiger partial charge in [-0.05, 0) is 12.0 Å². The molecule has 6 nitrogen and oxygen atoms in total. The molecule has 108 valence electrons. The lowest BCUT2D eigenvalue weighted by Gasteiger charge is -2.12. The average Bonchev–Trinajstić information content (AvgIpc) is 2.49. The Kier molecular flexibility index (Phi) is 6.81. The summed E-state index contributed by atoms with van der Waals surface area (Å²) in [6.45, 7) is 0.120. The first-order valence-corrected chi connectivity index (χ1v) is 6.15. The van der Waals surface area contributed by atoms with Crippen molar-refractivity contribution in [2.24, 2.45) is 0 Å². The zero-order chi connectivity index (χ0) is 14.8. The maximum atomic E-state index is 11.5. The highest BCUT2D eigenvalue weighted by molar-refractivity contribution is 5.74. The molecule has 1 rings (SSSR count). The fraction of sp³-hybridized carbons (Fsp3) is 0.357. The number of alkyl carbamates (subject to hydrolysis) is 1. The monoisotopic (exact) mass is 279 g/mol. The van der Waals surface area contributed by atoms with Crippen LogP contribution in [-0.2, 0) is 25.7 Å². The number of rotatable bonds is 7. The highest BCUT2D eigenvalue weighted by Crippen LogP contribution is 2.02. The molecule has 0 saturated carbocycles. The van der Waals surface area contributed by atoms with Gasteiger partial charge in [0.05, 0.1) is 13.2 Å². The molecule has 0 unspecified atom stereocenters. The van der Waals surface area contributed by atoms with E-state index in [-0.39, 0.29) is 19.4 Å². The number of carbonyl (C=O) groups excluding carboxylic acids is 3. The number of benzene rings is 1. The Hall–Kier alpha value is -2.37. The van der Waals surface area contributed by atoms with Crippen LogP contribution in [0.2, 0.25) is 0 Å². The van der Waals surface area contributed by atoms with Crippen LogP contribution in [0.15, 0.2) is 30.3 Å². The number of esters is 1. The molecule has 0 aromatic heterocycles. The summed E-state index contributed by atoms with van der Waals surface area (Å²) in [5, 5.41) is 2.38. The molecule has 0 aliphatic heterocycles. The predicted molar refractivity (Wildman–Crippen MR) is 70.9 cm³/mol. The lowest BCUT2D eigenvalue weighted by atomic mass is 10.2. The second-order valence-electron chi connectivity index (χ2n) is 4.06. The van der Waals surface area contributed by atoms with Gasteiger partial charge in [0.15, 0.2) is 0 Å². The summed E-state index contributed by atoms with van der Waals surface area (Å²) in [7, 11) is 1.26. The van der Waals surface area contributed by atoms with Crippen LogP contribution >= 0.6 is 0 Å². The van der Waals surface area contributed by atoms with E-state index >= 15 is 0 Å². The molecular formula is C14H17NO5. The van der Waals surface area contributed by atoms with Gasteiger partial charge in [0.25, 0.3) is 0 Å². The summed E-state index contributed by atoms with van der Waals surface area (Å²) in [5.41, 5.74) is 0.847. The molecule has 1 atom stereocenters. The number of amides is 1. The van der Waals surface area contributed by atoms with Crippen molar-refractivity contribution in [2.45, 2.75) is 25.5 Å². The van der Waals surface area contributed by atoms with E-state index < -0.39 is 18.1 Å². The maximum Gasteiger partial charge on any atom is 0.408 e. The fourth-order valence-electron chi connectivity index (χ4n) is 1.47. The first kappa shape index (κ1) is 15.7. The highest BCUT2D eigenvalue weighted by Gasteiger charge is 2.14. The number of hydrogen-bond acceptors (Lipinski definition) is 5. The Labute approximate surface area is 117 Å². The van der Waals surface area contributed by atoms with Crippen LogP contribution in [0.3, 0.4) is 0 Å². The molecular weight excluding hydrogens is 262 g/mol. The van der Waals surface area contributed by atoms with Gasteiger partial charge in [0, 0.05) is 6.42 Å². The Morgan fingerprint density at radius 2 is 2.00 bits per heavy atom. The largest absolute Gasteiger partial charge is 0.469 e. The number of aldehydes is 1. The highest BCUT2D eigenvalue weighted by atomic mass is 16.5. The summed E-state index contributed by atoms with van der Waals surface area (Å²) < 4.78 is 9.43. The summed E-state index contributed by atoms with van der Waals surface area (Å²) in [5.74, 6) is -0.434. The standard InChI is InChI=1S/C14H17NO5/c1-19-13(17)8-7-12(9-16)15-14(18)20-10-11-5-3-2-4-6-11/h2-6,9,12H,7-8,10H2,1H3,(H,15,18)/t12-/m0/s1. The molecule has 1 aromatic rings. The van der Waals surface area contributed by atoms with Crippen molar-refractivity contribution in [3.05, 3.63) is 35.9 Å². The molecule has 0 aliphatic carbocycles. The van der Waals surface area contributed by atoms with Crippen molar-refractivity contribution in [3.63, 3.8) is 0 Å². The molecule has 1 N–H and O–H groups in total.